The molecule has 0 bridgehead atoms. The Hall–Kier alpha value is -2.09. The molecule has 0 aromatic heterocycles. The summed E-state index contributed by atoms with van der Waals surface area (Å²) in [5.41, 5.74) is 4.33. The second kappa shape index (κ2) is 6.38. The molecule has 2 nitrogen and oxygen atoms in total. The summed E-state index contributed by atoms with van der Waals surface area (Å²) in [4.78, 5) is 12.1. The highest BCUT2D eigenvalue weighted by Gasteiger charge is 2.09. The zero-order chi connectivity index (χ0) is 14.5. The molecule has 2 aromatic carbocycles. The van der Waals surface area contributed by atoms with Crippen LogP contribution in [0.25, 0.3) is 0 Å². The molecule has 0 saturated carbocycles. The lowest BCUT2D eigenvalue weighted by Crippen LogP contribution is -2.27. The first kappa shape index (κ1) is 14.3. The third-order valence-electron chi connectivity index (χ3n) is 3.71. The SMILES string of the molecule is Cc1ccc(C(=O)NC[C@@H](C)c2ccccc2)cc1C. The quantitative estimate of drug-likeness (QED) is 0.896. The number of nitrogens with one attached hydrogen (secondary N) is 1. The van der Waals surface area contributed by atoms with Crippen LogP contribution in [0, 0.1) is 13.8 Å². The molecule has 1 atom stereocenters. The smallest absolute Gasteiger partial charge is 0.251 e. The van der Waals surface area contributed by atoms with Crippen LogP contribution in [0.2, 0.25) is 0 Å². The first-order chi connectivity index (χ1) is 9.58. The minimum atomic E-state index is -0.00381. The zero-order valence-electron chi connectivity index (χ0n) is 12.3. The van der Waals surface area contributed by atoms with Crippen LogP contribution in [0.1, 0.15) is 39.9 Å². The van der Waals surface area contributed by atoms with Gasteiger partial charge in [0.05, 0.1) is 0 Å². The van der Waals surface area contributed by atoms with Gasteiger partial charge in [-0.2, -0.15) is 0 Å². The number of carbonyl (C=O) groups is 1. The molecule has 2 heteroatoms. The van der Waals surface area contributed by atoms with Crippen molar-refractivity contribution in [2.24, 2.45) is 0 Å². The van der Waals surface area contributed by atoms with Crippen molar-refractivity contribution < 1.29 is 4.79 Å². The van der Waals surface area contributed by atoms with Crippen molar-refractivity contribution in [3.8, 4) is 0 Å². The Labute approximate surface area is 120 Å². The van der Waals surface area contributed by atoms with Crippen molar-refractivity contribution in [2.45, 2.75) is 26.7 Å². The summed E-state index contributed by atoms with van der Waals surface area (Å²) in [6.07, 6.45) is 0. The van der Waals surface area contributed by atoms with Gasteiger partial charge in [-0.15, -0.1) is 0 Å². The second-order valence-corrected chi connectivity index (χ2v) is 5.32. The van der Waals surface area contributed by atoms with Crippen LogP contribution in [-0.2, 0) is 0 Å². The summed E-state index contributed by atoms with van der Waals surface area (Å²) in [7, 11) is 0. The van der Waals surface area contributed by atoms with Crippen LogP contribution < -0.4 is 5.32 Å². The Morgan fingerprint density at radius 2 is 1.75 bits per heavy atom. The van der Waals surface area contributed by atoms with Gasteiger partial charge in [-0.05, 0) is 48.6 Å². The van der Waals surface area contributed by atoms with Crippen LogP contribution in [0.3, 0.4) is 0 Å². The third-order valence-corrected chi connectivity index (χ3v) is 3.71. The van der Waals surface area contributed by atoms with Crippen molar-refractivity contribution in [3.05, 3.63) is 70.8 Å². The average molecular weight is 267 g/mol. The maximum Gasteiger partial charge on any atom is 0.251 e. The Morgan fingerprint density at radius 1 is 1.05 bits per heavy atom. The molecule has 0 heterocycles. The standard InChI is InChI=1S/C18H21NO/c1-13-9-10-17(11-14(13)2)18(20)19-12-15(3)16-7-5-4-6-8-16/h4-11,15H,12H2,1-3H3,(H,19,20)/t15-/m1/s1. The van der Waals surface area contributed by atoms with E-state index in [-0.39, 0.29) is 5.91 Å². The van der Waals surface area contributed by atoms with Crippen molar-refractivity contribution in [3.63, 3.8) is 0 Å². The fourth-order valence-electron chi connectivity index (χ4n) is 2.13. The van der Waals surface area contributed by atoms with Gasteiger partial charge in [-0.3, -0.25) is 4.79 Å². The van der Waals surface area contributed by atoms with Gasteiger partial charge in [0, 0.05) is 12.1 Å². The largest absolute Gasteiger partial charge is 0.351 e. The highest BCUT2D eigenvalue weighted by atomic mass is 16.1. The first-order valence-electron chi connectivity index (χ1n) is 6.98. The highest BCUT2D eigenvalue weighted by molar-refractivity contribution is 5.94. The minimum absolute atomic E-state index is 0.00381. The molecular weight excluding hydrogens is 246 g/mol. The molecule has 0 fully saturated rings. The van der Waals surface area contributed by atoms with E-state index in [0.717, 1.165) is 11.1 Å². The summed E-state index contributed by atoms with van der Waals surface area (Å²) in [6, 6.07) is 16.0. The van der Waals surface area contributed by atoms with Crippen LogP contribution in [0.4, 0.5) is 0 Å². The Kier molecular flexibility index (Phi) is 4.57. The molecule has 0 aliphatic carbocycles. The monoisotopic (exact) mass is 267 g/mol. The van der Waals surface area contributed by atoms with Crippen molar-refractivity contribution in [2.75, 3.05) is 6.54 Å². The normalized spacial score (nSPS) is 11.9. The number of aryl methyl sites for hydroxylation is 2. The fourth-order valence-corrected chi connectivity index (χ4v) is 2.13. The lowest BCUT2D eigenvalue weighted by Gasteiger charge is -2.13. The number of rotatable bonds is 4. The maximum atomic E-state index is 12.1. The highest BCUT2D eigenvalue weighted by Crippen LogP contribution is 2.14. The van der Waals surface area contributed by atoms with Crippen molar-refractivity contribution in [1.29, 1.82) is 0 Å². The van der Waals surface area contributed by atoms with Gasteiger partial charge >= 0.3 is 0 Å². The predicted molar refractivity (Wildman–Crippen MR) is 83.1 cm³/mol. The van der Waals surface area contributed by atoms with Crippen molar-refractivity contribution in [1.82, 2.24) is 5.32 Å². The van der Waals surface area contributed by atoms with E-state index in [1.54, 1.807) is 0 Å². The van der Waals surface area contributed by atoms with E-state index >= 15 is 0 Å². The molecule has 2 rings (SSSR count). The molecule has 1 amide bonds. The van der Waals surface area contributed by atoms with Gasteiger partial charge in [-0.25, -0.2) is 0 Å². The van der Waals surface area contributed by atoms with Gasteiger partial charge in [0.2, 0.25) is 0 Å². The van der Waals surface area contributed by atoms with E-state index in [2.05, 4.69) is 31.3 Å². The molecule has 2 aromatic rings. The molecule has 0 spiro atoms. The maximum absolute atomic E-state index is 12.1. The summed E-state index contributed by atoms with van der Waals surface area (Å²) < 4.78 is 0. The summed E-state index contributed by atoms with van der Waals surface area (Å²) in [5, 5.41) is 3.00. The van der Waals surface area contributed by atoms with Crippen molar-refractivity contribution >= 4 is 5.91 Å². The predicted octanol–water partition coefficient (Wildman–Crippen LogP) is 3.84. The fraction of sp³-hybridized carbons (Fsp3) is 0.278. The number of carbonyl (C=O) groups excluding carboxylic acids is 1. The number of hydrogen-bond acceptors (Lipinski definition) is 1. The molecule has 1 N–H and O–H groups in total. The first-order valence-corrected chi connectivity index (χ1v) is 6.98. The molecule has 0 aliphatic heterocycles. The molecule has 0 radical (unpaired) electrons. The van der Waals surface area contributed by atoms with Crippen LogP contribution >= 0.6 is 0 Å². The molecule has 20 heavy (non-hydrogen) atoms. The zero-order valence-corrected chi connectivity index (χ0v) is 12.3. The van der Waals surface area contributed by atoms with E-state index in [9.17, 15) is 4.79 Å². The summed E-state index contributed by atoms with van der Waals surface area (Å²) >= 11 is 0. The Morgan fingerprint density at radius 3 is 2.40 bits per heavy atom. The number of benzene rings is 2. The second-order valence-electron chi connectivity index (χ2n) is 5.32. The molecule has 0 aliphatic rings. The lowest BCUT2D eigenvalue weighted by molar-refractivity contribution is 0.0951. The van der Waals surface area contributed by atoms with E-state index in [1.165, 1.54) is 11.1 Å². The Bertz CT molecular complexity index is 590. The van der Waals surface area contributed by atoms with Gasteiger partial charge in [0.1, 0.15) is 0 Å². The van der Waals surface area contributed by atoms with Crippen LogP contribution in [0.5, 0.6) is 0 Å². The molecule has 0 unspecified atom stereocenters. The number of hydrogen-bond donors (Lipinski definition) is 1. The topological polar surface area (TPSA) is 29.1 Å². The van der Waals surface area contributed by atoms with Crippen LogP contribution in [-0.4, -0.2) is 12.5 Å². The van der Waals surface area contributed by atoms with E-state index in [4.69, 9.17) is 0 Å². The minimum Gasteiger partial charge on any atom is -0.351 e. The van der Waals surface area contributed by atoms with Gasteiger partial charge in [-0.1, -0.05) is 43.3 Å². The third kappa shape index (κ3) is 3.47. The van der Waals surface area contributed by atoms with Gasteiger partial charge in [0.25, 0.3) is 5.91 Å². The van der Waals surface area contributed by atoms with E-state index < -0.39 is 0 Å². The van der Waals surface area contributed by atoms with E-state index in [0.29, 0.717) is 12.5 Å². The summed E-state index contributed by atoms with van der Waals surface area (Å²) in [6.45, 7) is 6.85. The number of amides is 1. The summed E-state index contributed by atoms with van der Waals surface area (Å²) in [5.74, 6) is 0.308. The van der Waals surface area contributed by atoms with E-state index in [1.807, 2.05) is 43.3 Å². The molecule has 104 valence electrons. The molecule has 0 saturated heterocycles. The van der Waals surface area contributed by atoms with Crippen LogP contribution in [0.15, 0.2) is 48.5 Å². The molecular formula is C18H21NO. The Balaban J connectivity index is 1.97. The lowest BCUT2D eigenvalue weighted by atomic mass is 10.0. The van der Waals surface area contributed by atoms with Gasteiger partial charge in [0.15, 0.2) is 0 Å². The average Bonchev–Trinajstić information content (AvgIpc) is 2.48. The van der Waals surface area contributed by atoms with Gasteiger partial charge < -0.3 is 5.32 Å².